The lowest BCUT2D eigenvalue weighted by Crippen LogP contribution is -2.39. The van der Waals surface area contributed by atoms with Gasteiger partial charge in [-0.1, -0.05) is 24.3 Å². The highest BCUT2D eigenvalue weighted by Gasteiger charge is 2.17. The Bertz CT molecular complexity index is 669. The second-order valence-corrected chi connectivity index (χ2v) is 5.77. The number of carboxylic acid groups (broad SMARTS) is 1. The average molecular weight is 307 g/mol. The van der Waals surface area contributed by atoms with Crippen LogP contribution in [0.15, 0.2) is 18.2 Å². The highest BCUT2D eigenvalue weighted by molar-refractivity contribution is 7.22. The van der Waals surface area contributed by atoms with E-state index >= 15 is 0 Å². The van der Waals surface area contributed by atoms with Crippen LogP contribution < -0.4 is 5.32 Å². The number of benzene rings is 1. The first-order valence-electron chi connectivity index (χ1n) is 6.64. The first-order chi connectivity index (χ1) is 9.99. The van der Waals surface area contributed by atoms with E-state index in [4.69, 9.17) is 5.11 Å². The number of hydrogen-bond acceptors (Lipinski definition) is 4. The Kier molecular flexibility index (Phi) is 4.74. The largest absolute Gasteiger partial charge is 0.480 e. The number of anilines is 1. The van der Waals surface area contributed by atoms with Crippen LogP contribution in [-0.2, 0) is 4.79 Å². The molecule has 0 bridgehead atoms. The number of aromatic nitrogens is 1. The number of aliphatic carboxylic acids is 1. The first-order valence-corrected chi connectivity index (χ1v) is 7.46. The molecular weight excluding hydrogens is 290 g/mol. The minimum absolute atomic E-state index is 0.316. The third-order valence-electron chi connectivity index (χ3n) is 2.86. The Hall–Kier alpha value is -2.15. The standard InChI is InChI=1S/C14H17N3O3S/c1-3-6-17(8-12(18)19)14(20)16-13-15-10-5-4-9(2)7-11(10)21-13/h4-5,7H,3,6,8H2,1-2H3,(H,18,19)(H,15,16,20). The molecule has 1 aromatic carbocycles. The summed E-state index contributed by atoms with van der Waals surface area (Å²) in [4.78, 5) is 28.5. The van der Waals surface area contributed by atoms with Crippen LogP contribution in [0, 0.1) is 6.92 Å². The van der Waals surface area contributed by atoms with E-state index in [1.807, 2.05) is 32.0 Å². The third kappa shape index (κ3) is 3.91. The Labute approximate surface area is 126 Å². The second-order valence-electron chi connectivity index (χ2n) is 4.74. The van der Waals surface area contributed by atoms with Gasteiger partial charge in [-0.05, 0) is 31.0 Å². The molecule has 7 heteroatoms. The van der Waals surface area contributed by atoms with Crippen molar-refractivity contribution in [3.05, 3.63) is 23.8 Å². The molecule has 112 valence electrons. The van der Waals surface area contributed by atoms with E-state index in [1.54, 1.807) is 0 Å². The number of carbonyl (C=O) groups excluding carboxylic acids is 1. The lowest BCUT2D eigenvalue weighted by Gasteiger charge is -2.19. The fourth-order valence-electron chi connectivity index (χ4n) is 1.94. The van der Waals surface area contributed by atoms with E-state index in [9.17, 15) is 9.59 Å². The number of amides is 2. The molecule has 0 atom stereocenters. The van der Waals surface area contributed by atoms with Crippen molar-refractivity contribution in [3.63, 3.8) is 0 Å². The van der Waals surface area contributed by atoms with Crippen molar-refractivity contribution in [2.75, 3.05) is 18.4 Å². The number of nitrogens with zero attached hydrogens (tertiary/aromatic N) is 2. The summed E-state index contributed by atoms with van der Waals surface area (Å²) in [6, 6.07) is 5.43. The zero-order valence-corrected chi connectivity index (χ0v) is 12.7. The monoisotopic (exact) mass is 307 g/mol. The smallest absolute Gasteiger partial charge is 0.324 e. The van der Waals surface area contributed by atoms with Crippen molar-refractivity contribution in [3.8, 4) is 0 Å². The number of nitrogens with one attached hydrogen (secondary N) is 1. The summed E-state index contributed by atoms with van der Waals surface area (Å²) in [5.74, 6) is -1.03. The Morgan fingerprint density at radius 1 is 1.43 bits per heavy atom. The van der Waals surface area contributed by atoms with Gasteiger partial charge in [0.1, 0.15) is 6.54 Å². The van der Waals surface area contributed by atoms with E-state index in [1.165, 1.54) is 16.2 Å². The number of fused-ring (bicyclic) bond motifs is 1. The van der Waals surface area contributed by atoms with Crippen molar-refractivity contribution in [2.24, 2.45) is 0 Å². The molecule has 0 saturated carbocycles. The van der Waals surface area contributed by atoms with Crippen molar-refractivity contribution < 1.29 is 14.7 Å². The van der Waals surface area contributed by atoms with Gasteiger partial charge in [0.15, 0.2) is 5.13 Å². The summed E-state index contributed by atoms with van der Waals surface area (Å²) in [6.45, 7) is 3.96. The van der Waals surface area contributed by atoms with E-state index in [0.717, 1.165) is 15.8 Å². The average Bonchev–Trinajstić information content (AvgIpc) is 2.79. The van der Waals surface area contributed by atoms with Gasteiger partial charge < -0.3 is 10.0 Å². The lowest BCUT2D eigenvalue weighted by atomic mass is 10.2. The Morgan fingerprint density at radius 2 is 2.19 bits per heavy atom. The summed E-state index contributed by atoms with van der Waals surface area (Å²) < 4.78 is 0.991. The minimum atomic E-state index is -1.03. The van der Waals surface area contributed by atoms with Crippen LogP contribution in [0.1, 0.15) is 18.9 Å². The van der Waals surface area contributed by atoms with E-state index in [2.05, 4.69) is 10.3 Å². The molecule has 2 rings (SSSR count). The fourth-order valence-corrected chi connectivity index (χ4v) is 2.90. The SMILES string of the molecule is CCCN(CC(=O)O)C(=O)Nc1nc2ccc(C)cc2s1. The van der Waals surface area contributed by atoms with Crippen molar-refractivity contribution in [1.82, 2.24) is 9.88 Å². The predicted molar refractivity (Wildman–Crippen MR) is 82.9 cm³/mol. The van der Waals surface area contributed by atoms with Gasteiger partial charge in [0.2, 0.25) is 0 Å². The zero-order valence-electron chi connectivity index (χ0n) is 11.9. The number of hydrogen-bond donors (Lipinski definition) is 2. The topological polar surface area (TPSA) is 82.5 Å². The van der Waals surface area contributed by atoms with Crippen LogP contribution in [-0.4, -0.2) is 40.1 Å². The molecule has 21 heavy (non-hydrogen) atoms. The second kappa shape index (κ2) is 6.53. The van der Waals surface area contributed by atoms with Gasteiger partial charge in [0, 0.05) is 6.54 Å². The van der Waals surface area contributed by atoms with Crippen LogP contribution in [0.2, 0.25) is 0 Å². The number of aryl methyl sites for hydroxylation is 1. The molecule has 0 saturated heterocycles. The summed E-state index contributed by atoms with van der Waals surface area (Å²) in [5, 5.41) is 12.0. The van der Waals surface area contributed by atoms with Crippen LogP contribution in [0.5, 0.6) is 0 Å². The van der Waals surface area contributed by atoms with Gasteiger partial charge in [0.25, 0.3) is 0 Å². The molecule has 0 unspecified atom stereocenters. The molecule has 0 aliphatic heterocycles. The molecule has 0 aliphatic rings. The maximum absolute atomic E-state index is 12.1. The summed E-state index contributed by atoms with van der Waals surface area (Å²) in [7, 11) is 0. The molecule has 2 amide bonds. The van der Waals surface area contributed by atoms with Gasteiger partial charge in [-0.15, -0.1) is 0 Å². The van der Waals surface area contributed by atoms with E-state index in [-0.39, 0.29) is 6.54 Å². The number of thiazole rings is 1. The number of carboxylic acids is 1. The summed E-state index contributed by atoms with van der Waals surface area (Å²) >= 11 is 1.38. The Balaban J connectivity index is 2.13. The number of carbonyl (C=O) groups is 2. The molecule has 0 spiro atoms. The molecule has 0 fully saturated rings. The van der Waals surface area contributed by atoms with Crippen LogP contribution >= 0.6 is 11.3 Å². The molecule has 0 aliphatic carbocycles. The van der Waals surface area contributed by atoms with Crippen molar-refractivity contribution >= 4 is 38.7 Å². The molecule has 2 N–H and O–H groups in total. The maximum Gasteiger partial charge on any atom is 0.324 e. The van der Waals surface area contributed by atoms with Gasteiger partial charge in [-0.25, -0.2) is 9.78 Å². The lowest BCUT2D eigenvalue weighted by molar-refractivity contribution is -0.137. The highest BCUT2D eigenvalue weighted by atomic mass is 32.1. The third-order valence-corrected chi connectivity index (χ3v) is 3.80. The van der Waals surface area contributed by atoms with Crippen LogP contribution in [0.25, 0.3) is 10.2 Å². The molecule has 1 aromatic heterocycles. The minimum Gasteiger partial charge on any atom is -0.480 e. The van der Waals surface area contributed by atoms with Gasteiger partial charge in [-0.2, -0.15) is 0 Å². The fraction of sp³-hybridized carbons (Fsp3) is 0.357. The van der Waals surface area contributed by atoms with E-state index < -0.39 is 12.0 Å². The molecular formula is C14H17N3O3S. The Morgan fingerprint density at radius 3 is 2.86 bits per heavy atom. The van der Waals surface area contributed by atoms with Crippen LogP contribution in [0.4, 0.5) is 9.93 Å². The first kappa shape index (κ1) is 15.2. The van der Waals surface area contributed by atoms with Crippen molar-refractivity contribution in [2.45, 2.75) is 20.3 Å². The molecule has 2 aromatic rings. The van der Waals surface area contributed by atoms with Crippen LogP contribution in [0.3, 0.4) is 0 Å². The quantitative estimate of drug-likeness (QED) is 0.889. The zero-order chi connectivity index (χ0) is 15.4. The highest BCUT2D eigenvalue weighted by Crippen LogP contribution is 2.26. The van der Waals surface area contributed by atoms with Gasteiger partial charge in [0.05, 0.1) is 10.2 Å². The van der Waals surface area contributed by atoms with Gasteiger partial charge in [-0.3, -0.25) is 10.1 Å². The number of rotatable bonds is 5. The van der Waals surface area contributed by atoms with Crippen molar-refractivity contribution in [1.29, 1.82) is 0 Å². The molecule has 1 heterocycles. The molecule has 0 radical (unpaired) electrons. The normalized spacial score (nSPS) is 10.6. The predicted octanol–water partition coefficient (Wildman–Crippen LogP) is 2.93. The summed E-state index contributed by atoms with van der Waals surface area (Å²) in [6.07, 6.45) is 0.694. The van der Waals surface area contributed by atoms with E-state index in [0.29, 0.717) is 18.1 Å². The summed E-state index contributed by atoms with van der Waals surface area (Å²) in [5.41, 5.74) is 1.95. The molecule has 6 nitrogen and oxygen atoms in total. The maximum atomic E-state index is 12.1. The van der Waals surface area contributed by atoms with Gasteiger partial charge >= 0.3 is 12.0 Å². The number of urea groups is 1.